The Labute approximate surface area is 128 Å². The van der Waals surface area contributed by atoms with Gasteiger partial charge in [-0.1, -0.05) is 46.3 Å². The molecule has 0 aliphatic heterocycles. The third kappa shape index (κ3) is 4.70. The van der Waals surface area contributed by atoms with E-state index < -0.39 is 11.7 Å². The highest BCUT2D eigenvalue weighted by molar-refractivity contribution is 9.10. The van der Waals surface area contributed by atoms with Crippen LogP contribution in [0.4, 0.5) is 13.2 Å². The summed E-state index contributed by atoms with van der Waals surface area (Å²) in [5.74, 6) is -0.114. The quantitative estimate of drug-likeness (QED) is 0.767. The number of ketones is 1. The van der Waals surface area contributed by atoms with Crippen LogP contribution >= 0.6 is 15.9 Å². The Hall–Kier alpha value is -1.62. The summed E-state index contributed by atoms with van der Waals surface area (Å²) in [5, 5.41) is 0. The van der Waals surface area contributed by atoms with Crippen molar-refractivity contribution >= 4 is 21.7 Å². The van der Waals surface area contributed by atoms with Gasteiger partial charge in [0, 0.05) is 17.3 Å². The molecule has 0 saturated carbocycles. The van der Waals surface area contributed by atoms with Gasteiger partial charge in [-0.2, -0.15) is 13.2 Å². The topological polar surface area (TPSA) is 17.1 Å². The highest BCUT2D eigenvalue weighted by Crippen LogP contribution is 2.29. The maximum Gasteiger partial charge on any atom is 0.416 e. The molecule has 0 N–H and O–H groups in total. The van der Waals surface area contributed by atoms with Crippen LogP contribution < -0.4 is 0 Å². The van der Waals surface area contributed by atoms with E-state index in [4.69, 9.17) is 0 Å². The minimum atomic E-state index is -4.38. The van der Waals surface area contributed by atoms with E-state index in [1.54, 1.807) is 0 Å². The molecular weight excluding hydrogens is 345 g/mol. The minimum absolute atomic E-state index is 0.0000159. The third-order valence-electron chi connectivity index (χ3n) is 2.97. The second-order valence-electron chi connectivity index (χ2n) is 4.72. The van der Waals surface area contributed by atoms with Crippen molar-refractivity contribution in [2.75, 3.05) is 0 Å². The molecule has 0 fully saturated rings. The van der Waals surface area contributed by atoms with Gasteiger partial charge in [-0.05, 0) is 29.3 Å². The van der Waals surface area contributed by atoms with Crippen LogP contribution in [0.25, 0.3) is 0 Å². The first-order valence-electron chi connectivity index (χ1n) is 6.27. The van der Waals surface area contributed by atoms with Crippen LogP contribution in [0.3, 0.4) is 0 Å². The zero-order valence-electron chi connectivity index (χ0n) is 11.0. The van der Waals surface area contributed by atoms with E-state index in [-0.39, 0.29) is 18.6 Å². The van der Waals surface area contributed by atoms with Gasteiger partial charge in [0.15, 0.2) is 0 Å². The maximum atomic E-state index is 12.6. The average molecular weight is 357 g/mol. The lowest BCUT2D eigenvalue weighted by Crippen LogP contribution is -2.09. The second-order valence-corrected chi connectivity index (χ2v) is 5.63. The van der Waals surface area contributed by atoms with Crippen molar-refractivity contribution in [1.82, 2.24) is 0 Å². The molecule has 0 spiro atoms. The number of halogens is 4. The Morgan fingerprint density at radius 3 is 2.19 bits per heavy atom. The first kappa shape index (κ1) is 15.8. The maximum absolute atomic E-state index is 12.6. The molecule has 0 amide bonds. The highest BCUT2D eigenvalue weighted by atomic mass is 79.9. The monoisotopic (exact) mass is 356 g/mol. The zero-order valence-corrected chi connectivity index (χ0v) is 12.5. The Bertz CT molecular complexity index is 633. The summed E-state index contributed by atoms with van der Waals surface area (Å²) < 4.78 is 38.7. The Kier molecular flexibility index (Phi) is 4.83. The van der Waals surface area contributed by atoms with Crippen LogP contribution in [0.15, 0.2) is 53.0 Å². The largest absolute Gasteiger partial charge is 0.416 e. The molecule has 0 bridgehead atoms. The van der Waals surface area contributed by atoms with Crippen LogP contribution in [0.1, 0.15) is 16.7 Å². The Morgan fingerprint density at radius 1 is 0.952 bits per heavy atom. The Balaban J connectivity index is 2.04. The molecule has 0 heterocycles. The first-order valence-corrected chi connectivity index (χ1v) is 7.06. The predicted molar refractivity (Wildman–Crippen MR) is 78.0 cm³/mol. The molecule has 0 radical (unpaired) electrons. The van der Waals surface area contributed by atoms with Crippen molar-refractivity contribution in [2.24, 2.45) is 0 Å². The van der Waals surface area contributed by atoms with Crippen LogP contribution in [0.2, 0.25) is 0 Å². The van der Waals surface area contributed by atoms with Crippen molar-refractivity contribution in [3.8, 4) is 0 Å². The lowest BCUT2D eigenvalue weighted by molar-refractivity contribution is -0.137. The Morgan fingerprint density at radius 2 is 1.57 bits per heavy atom. The number of Topliss-reactive ketones (excluding diaryl/α,β-unsaturated/α-hetero) is 1. The summed E-state index contributed by atoms with van der Waals surface area (Å²) in [5.41, 5.74) is 0.499. The molecule has 2 aromatic carbocycles. The summed E-state index contributed by atoms with van der Waals surface area (Å²) in [7, 11) is 0. The van der Waals surface area contributed by atoms with Gasteiger partial charge in [0.1, 0.15) is 5.78 Å². The molecule has 0 aromatic heterocycles. The van der Waals surface area contributed by atoms with Crippen LogP contribution in [-0.4, -0.2) is 5.78 Å². The highest BCUT2D eigenvalue weighted by Gasteiger charge is 2.30. The fourth-order valence-electron chi connectivity index (χ4n) is 1.98. The van der Waals surface area contributed by atoms with Gasteiger partial charge < -0.3 is 0 Å². The van der Waals surface area contributed by atoms with Crippen molar-refractivity contribution in [3.05, 3.63) is 69.7 Å². The number of benzene rings is 2. The number of carbonyl (C=O) groups excluding carboxylic acids is 1. The predicted octanol–water partition coefficient (Wildman–Crippen LogP) is 4.82. The van der Waals surface area contributed by atoms with Crippen LogP contribution in [0, 0.1) is 0 Å². The number of rotatable bonds is 4. The smallest absolute Gasteiger partial charge is 0.299 e. The summed E-state index contributed by atoms with van der Waals surface area (Å²) in [4.78, 5) is 11.9. The average Bonchev–Trinajstić information content (AvgIpc) is 2.41. The van der Waals surface area contributed by atoms with Crippen molar-refractivity contribution in [2.45, 2.75) is 19.0 Å². The summed E-state index contributed by atoms with van der Waals surface area (Å²) in [6.45, 7) is 0. The second kappa shape index (κ2) is 6.43. The molecule has 5 heteroatoms. The molecule has 0 unspecified atom stereocenters. The SMILES string of the molecule is O=C(Cc1ccc(Br)cc1)Cc1cccc(C(F)(F)F)c1. The summed E-state index contributed by atoms with van der Waals surface area (Å²) in [6, 6.07) is 12.2. The molecule has 1 nitrogen and oxygen atoms in total. The number of carbonyl (C=O) groups is 1. The van der Waals surface area contributed by atoms with E-state index in [1.165, 1.54) is 12.1 Å². The van der Waals surface area contributed by atoms with Gasteiger partial charge >= 0.3 is 6.18 Å². The van der Waals surface area contributed by atoms with Gasteiger partial charge in [-0.25, -0.2) is 0 Å². The third-order valence-corrected chi connectivity index (χ3v) is 3.50. The molecule has 0 atom stereocenters. The first-order chi connectivity index (χ1) is 9.84. The molecule has 0 aliphatic carbocycles. The van der Waals surface area contributed by atoms with Crippen LogP contribution in [0.5, 0.6) is 0 Å². The molecule has 0 saturated heterocycles. The minimum Gasteiger partial charge on any atom is -0.299 e. The van der Waals surface area contributed by atoms with Crippen molar-refractivity contribution in [3.63, 3.8) is 0 Å². The molecule has 21 heavy (non-hydrogen) atoms. The molecule has 0 aliphatic rings. The molecule has 110 valence electrons. The molecule has 2 aromatic rings. The van der Waals surface area contributed by atoms with E-state index >= 15 is 0 Å². The number of alkyl halides is 3. The van der Waals surface area contributed by atoms with E-state index in [0.29, 0.717) is 5.56 Å². The van der Waals surface area contributed by atoms with Gasteiger partial charge in [0.2, 0.25) is 0 Å². The van der Waals surface area contributed by atoms with Gasteiger partial charge in [0.05, 0.1) is 5.56 Å². The standard InChI is InChI=1S/C16H12BrF3O/c17-14-6-4-11(5-7-14)9-15(21)10-12-2-1-3-13(8-12)16(18,19)20/h1-8H,9-10H2. The van der Waals surface area contributed by atoms with E-state index in [9.17, 15) is 18.0 Å². The van der Waals surface area contributed by atoms with Crippen molar-refractivity contribution < 1.29 is 18.0 Å². The van der Waals surface area contributed by atoms with E-state index in [1.807, 2.05) is 24.3 Å². The molecule has 2 rings (SSSR count). The zero-order chi connectivity index (χ0) is 15.5. The fourth-order valence-corrected chi connectivity index (χ4v) is 2.24. The normalized spacial score (nSPS) is 11.4. The lowest BCUT2D eigenvalue weighted by Gasteiger charge is -2.08. The molecular formula is C16H12BrF3O. The van der Waals surface area contributed by atoms with Crippen molar-refractivity contribution in [1.29, 1.82) is 0 Å². The van der Waals surface area contributed by atoms with E-state index in [0.717, 1.165) is 22.2 Å². The lowest BCUT2D eigenvalue weighted by atomic mass is 10.0. The number of hydrogen-bond acceptors (Lipinski definition) is 1. The van der Waals surface area contributed by atoms with Gasteiger partial charge in [-0.15, -0.1) is 0 Å². The van der Waals surface area contributed by atoms with Gasteiger partial charge in [0.25, 0.3) is 0 Å². The summed E-state index contributed by atoms with van der Waals surface area (Å²) >= 11 is 3.30. The van der Waals surface area contributed by atoms with Crippen LogP contribution in [-0.2, 0) is 23.8 Å². The summed E-state index contributed by atoms with van der Waals surface area (Å²) in [6.07, 6.45) is -4.17. The van der Waals surface area contributed by atoms with E-state index in [2.05, 4.69) is 15.9 Å². The van der Waals surface area contributed by atoms with Gasteiger partial charge in [-0.3, -0.25) is 4.79 Å². The fraction of sp³-hybridized carbons (Fsp3) is 0.188. The number of hydrogen-bond donors (Lipinski definition) is 0.